The maximum atomic E-state index is 12.1. The van der Waals surface area contributed by atoms with E-state index in [9.17, 15) is 9.59 Å². The number of primary amides is 1. The third-order valence-corrected chi connectivity index (χ3v) is 2.62. The molecule has 92 valence electrons. The zero-order valence-corrected chi connectivity index (χ0v) is 10.8. The van der Waals surface area contributed by atoms with Crippen LogP contribution in [-0.4, -0.2) is 29.3 Å². The predicted molar refractivity (Wildman–Crippen MR) is 69.1 cm³/mol. The number of nitrogens with zero attached hydrogens (tertiary/aromatic N) is 1. The van der Waals surface area contributed by atoms with Gasteiger partial charge in [-0.25, -0.2) is 0 Å². The molecule has 2 N–H and O–H groups in total. The van der Waals surface area contributed by atoms with Gasteiger partial charge in [-0.15, -0.1) is 12.6 Å². The molecular formula is C12H16N2O2S. The van der Waals surface area contributed by atoms with Gasteiger partial charge < -0.3 is 10.6 Å². The minimum atomic E-state index is -0.516. The number of rotatable bonds is 4. The van der Waals surface area contributed by atoms with Crippen LogP contribution in [0, 0.1) is 0 Å². The summed E-state index contributed by atoms with van der Waals surface area (Å²) in [6.07, 6.45) is 0. The molecule has 5 heteroatoms. The summed E-state index contributed by atoms with van der Waals surface area (Å²) >= 11 is 4.15. The predicted octanol–water partition coefficient (Wildman–Crippen LogP) is 1.31. The van der Waals surface area contributed by atoms with Crippen LogP contribution in [-0.2, 0) is 4.79 Å². The standard InChI is InChI=1S/C12H16N2O2S/c1-8(2)14(7-11(13)15)12(16)9-3-5-10(17)6-4-9/h3-6,8,17H,7H2,1-2H3,(H2,13,15). The quantitative estimate of drug-likeness (QED) is 0.794. The molecule has 2 amide bonds. The van der Waals surface area contributed by atoms with Crippen molar-refractivity contribution in [1.82, 2.24) is 4.90 Å². The molecule has 0 saturated carbocycles. The molecule has 0 unspecified atom stereocenters. The summed E-state index contributed by atoms with van der Waals surface area (Å²) in [5.41, 5.74) is 5.65. The molecule has 17 heavy (non-hydrogen) atoms. The number of thiol groups is 1. The second kappa shape index (κ2) is 5.72. The van der Waals surface area contributed by atoms with Gasteiger partial charge in [-0.3, -0.25) is 9.59 Å². The monoisotopic (exact) mass is 252 g/mol. The van der Waals surface area contributed by atoms with E-state index in [4.69, 9.17) is 5.73 Å². The summed E-state index contributed by atoms with van der Waals surface area (Å²) in [5.74, 6) is -0.718. The Morgan fingerprint density at radius 2 is 1.82 bits per heavy atom. The highest BCUT2D eigenvalue weighted by molar-refractivity contribution is 7.80. The average molecular weight is 252 g/mol. The first kappa shape index (κ1) is 13.6. The Bertz CT molecular complexity index is 415. The lowest BCUT2D eigenvalue weighted by atomic mass is 10.1. The van der Waals surface area contributed by atoms with Crippen LogP contribution in [0.4, 0.5) is 0 Å². The van der Waals surface area contributed by atoms with Gasteiger partial charge in [-0.2, -0.15) is 0 Å². The first-order chi connectivity index (χ1) is 7.91. The molecular weight excluding hydrogens is 236 g/mol. The normalized spacial score (nSPS) is 10.4. The van der Waals surface area contributed by atoms with Crippen molar-refractivity contribution in [3.8, 4) is 0 Å². The van der Waals surface area contributed by atoms with E-state index in [-0.39, 0.29) is 18.5 Å². The highest BCUT2D eigenvalue weighted by Crippen LogP contribution is 2.11. The van der Waals surface area contributed by atoms with E-state index < -0.39 is 5.91 Å². The molecule has 0 aliphatic carbocycles. The zero-order chi connectivity index (χ0) is 13.0. The number of nitrogens with two attached hydrogens (primary N) is 1. The van der Waals surface area contributed by atoms with Crippen molar-refractivity contribution < 1.29 is 9.59 Å². The van der Waals surface area contributed by atoms with Crippen molar-refractivity contribution in [2.45, 2.75) is 24.8 Å². The second-order valence-electron chi connectivity index (χ2n) is 4.04. The van der Waals surface area contributed by atoms with Gasteiger partial charge in [0.15, 0.2) is 0 Å². The van der Waals surface area contributed by atoms with E-state index >= 15 is 0 Å². The molecule has 0 saturated heterocycles. The smallest absolute Gasteiger partial charge is 0.254 e. The first-order valence-electron chi connectivity index (χ1n) is 5.30. The molecule has 0 aliphatic rings. The molecule has 0 spiro atoms. The third-order valence-electron chi connectivity index (χ3n) is 2.32. The van der Waals surface area contributed by atoms with Crippen molar-refractivity contribution in [3.05, 3.63) is 29.8 Å². The lowest BCUT2D eigenvalue weighted by molar-refractivity contribution is -0.119. The van der Waals surface area contributed by atoms with Crippen molar-refractivity contribution in [1.29, 1.82) is 0 Å². The van der Waals surface area contributed by atoms with E-state index in [0.717, 1.165) is 4.90 Å². The van der Waals surface area contributed by atoms with Crippen molar-refractivity contribution in [2.75, 3.05) is 6.54 Å². The topological polar surface area (TPSA) is 63.4 Å². The van der Waals surface area contributed by atoms with Gasteiger partial charge in [-0.1, -0.05) is 0 Å². The van der Waals surface area contributed by atoms with Crippen LogP contribution in [0.5, 0.6) is 0 Å². The van der Waals surface area contributed by atoms with Crippen LogP contribution in [0.25, 0.3) is 0 Å². The summed E-state index contributed by atoms with van der Waals surface area (Å²) in [4.78, 5) is 25.3. The maximum absolute atomic E-state index is 12.1. The summed E-state index contributed by atoms with van der Waals surface area (Å²) in [6, 6.07) is 6.76. The highest BCUT2D eigenvalue weighted by Gasteiger charge is 2.20. The van der Waals surface area contributed by atoms with E-state index in [0.29, 0.717) is 5.56 Å². The van der Waals surface area contributed by atoms with Crippen molar-refractivity contribution >= 4 is 24.4 Å². The van der Waals surface area contributed by atoms with Crippen molar-refractivity contribution in [3.63, 3.8) is 0 Å². The molecule has 1 aromatic rings. The maximum Gasteiger partial charge on any atom is 0.254 e. The fraction of sp³-hybridized carbons (Fsp3) is 0.333. The summed E-state index contributed by atoms with van der Waals surface area (Å²) < 4.78 is 0. The van der Waals surface area contributed by atoms with Gasteiger partial charge in [0.05, 0.1) is 6.54 Å². The van der Waals surface area contributed by atoms with Gasteiger partial charge in [0.2, 0.25) is 5.91 Å². The van der Waals surface area contributed by atoms with Gasteiger partial charge in [0.25, 0.3) is 5.91 Å². The summed E-state index contributed by atoms with van der Waals surface area (Å²) in [5, 5.41) is 0. The van der Waals surface area contributed by atoms with E-state index in [1.165, 1.54) is 4.90 Å². The largest absolute Gasteiger partial charge is 0.368 e. The average Bonchev–Trinajstić information content (AvgIpc) is 2.25. The van der Waals surface area contributed by atoms with Crippen LogP contribution >= 0.6 is 12.6 Å². The molecule has 0 bridgehead atoms. The van der Waals surface area contributed by atoms with Gasteiger partial charge in [0, 0.05) is 16.5 Å². The van der Waals surface area contributed by atoms with Crippen molar-refractivity contribution in [2.24, 2.45) is 5.73 Å². The Morgan fingerprint density at radius 3 is 2.24 bits per heavy atom. The molecule has 0 fully saturated rings. The fourth-order valence-electron chi connectivity index (χ4n) is 1.43. The Kier molecular flexibility index (Phi) is 4.57. The SMILES string of the molecule is CC(C)N(CC(N)=O)C(=O)c1ccc(S)cc1. The van der Waals surface area contributed by atoms with Gasteiger partial charge >= 0.3 is 0 Å². The minimum absolute atomic E-state index is 0.0703. The number of hydrogen-bond donors (Lipinski definition) is 2. The third kappa shape index (κ3) is 3.78. The molecule has 0 radical (unpaired) electrons. The van der Waals surface area contributed by atoms with Crippen LogP contribution in [0.3, 0.4) is 0 Å². The van der Waals surface area contributed by atoms with E-state index in [2.05, 4.69) is 12.6 Å². The fourth-order valence-corrected chi connectivity index (χ4v) is 1.58. The number of carbonyl (C=O) groups is 2. The molecule has 0 atom stereocenters. The number of amides is 2. The minimum Gasteiger partial charge on any atom is -0.368 e. The lowest BCUT2D eigenvalue weighted by Crippen LogP contribution is -2.42. The molecule has 0 aliphatic heterocycles. The first-order valence-corrected chi connectivity index (χ1v) is 5.75. The summed E-state index contributed by atoms with van der Waals surface area (Å²) in [6.45, 7) is 3.61. The molecule has 4 nitrogen and oxygen atoms in total. The molecule has 1 aromatic carbocycles. The van der Waals surface area contributed by atoms with E-state index in [1.807, 2.05) is 13.8 Å². The Balaban J connectivity index is 2.91. The van der Waals surface area contributed by atoms with Crippen LogP contribution in [0.2, 0.25) is 0 Å². The highest BCUT2D eigenvalue weighted by atomic mass is 32.1. The van der Waals surface area contributed by atoms with Gasteiger partial charge in [-0.05, 0) is 38.1 Å². The van der Waals surface area contributed by atoms with Crippen LogP contribution in [0.1, 0.15) is 24.2 Å². The number of benzene rings is 1. The molecule has 1 rings (SSSR count). The van der Waals surface area contributed by atoms with Gasteiger partial charge in [0.1, 0.15) is 0 Å². The second-order valence-corrected chi connectivity index (χ2v) is 4.56. The Labute approximate surface area is 106 Å². The Hall–Kier alpha value is -1.49. The Morgan fingerprint density at radius 1 is 1.29 bits per heavy atom. The summed E-state index contributed by atoms with van der Waals surface area (Å²) in [7, 11) is 0. The lowest BCUT2D eigenvalue weighted by Gasteiger charge is -2.25. The molecule has 0 aromatic heterocycles. The molecule has 0 heterocycles. The van der Waals surface area contributed by atoms with Crippen LogP contribution in [0.15, 0.2) is 29.2 Å². The zero-order valence-electron chi connectivity index (χ0n) is 9.88. The number of hydrogen-bond acceptors (Lipinski definition) is 3. The van der Waals surface area contributed by atoms with Crippen LogP contribution < -0.4 is 5.73 Å². The van der Waals surface area contributed by atoms with E-state index in [1.54, 1.807) is 24.3 Å². The number of carbonyl (C=O) groups excluding carboxylic acids is 2.